The number of rotatable bonds is 5. The van der Waals surface area contributed by atoms with Crippen LogP contribution in [0.5, 0.6) is 5.88 Å². The Morgan fingerprint density at radius 3 is 3.00 bits per heavy atom. The molecular formula is C11H16N4O2. The topological polar surface area (TPSA) is 89.3 Å². The lowest BCUT2D eigenvalue weighted by molar-refractivity contribution is -0.119. The molecular weight excluding hydrogens is 220 g/mol. The molecule has 1 saturated carbocycles. The number of nitrogens with zero attached hydrogens (tertiary/aromatic N) is 1. The van der Waals surface area contributed by atoms with Crippen molar-refractivity contribution in [2.75, 3.05) is 24.7 Å². The van der Waals surface area contributed by atoms with E-state index in [0.717, 1.165) is 12.8 Å². The molecule has 0 unspecified atom stereocenters. The number of nitrogen functional groups attached to an aromatic ring is 1. The number of nitrogens with one attached hydrogen (secondary N) is 2. The second-order valence-electron chi connectivity index (χ2n) is 3.99. The SMILES string of the molecule is COc1nc(NCC(=O)NC2CC2)ccc1N. The number of hydrogen-bond donors (Lipinski definition) is 3. The minimum atomic E-state index is -0.0231. The molecule has 1 heterocycles. The van der Waals surface area contributed by atoms with Gasteiger partial charge in [0.25, 0.3) is 0 Å². The highest BCUT2D eigenvalue weighted by atomic mass is 16.5. The summed E-state index contributed by atoms with van der Waals surface area (Å²) in [6.07, 6.45) is 2.17. The largest absolute Gasteiger partial charge is 0.479 e. The molecule has 6 nitrogen and oxygen atoms in total. The van der Waals surface area contributed by atoms with Gasteiger partial charge in [-0.05, 0) is 25.0 Å². The van der Waals surface area contributed by atoms with Gasteiger partial charge in [-0.2, -0.15) is 4.98 Å². The average Bonchev–Trinajstić information content (AvgIpc) is 3.12. The third-order valence-electron chi connectivity index (χ3n) is 2.46. The number of methoxy groups -OCH3 is 1. The van der Waals surface area contributed by atoms with Crippen LogP contribution in [0.15, 0.2) is 12.1 Å². The fraction of sp³-hybridized carbons (Fsp3) is 0.455. The van der Waals surface area contributed by atoms with E-state index >= 15 is 0 Å². The molecule has 0 radical (unpaired) electrons. The standard InChI is InChI=1S/C11H16N4O2/c1-17-11-8(12)4-5-9(15-11)13-6-10(16)14-7-2-3-7/h4-5,7H,2-3,6,12H2,1H3,(H,13,15)(H,14,16). The van der Waals surface area contributed by atoms with Crippen molar-refractivity contribution in [2.45, 2.75) is 18.9 Å². The van der Waals surface area contributed by atoms with Crippen LogP contribution in [0, 0.1) is 0 Å². The number of aromatic nitrogens is 1. The maximum Gasteiger partial charge on any atom is 0.239 e. The molecule has 1 aromatic heterocycles. The van der Waals surface area contributed by atoms with Crippen molar-refractivity contribution in [2.24, 2.45) is 0 Å². The summed E-state index contributed by atoms with van der Waals surface area (Å²) in [5.74, 6) is 0.907. The van der Waals surface area contributed by atoms with Crippen molar-refractivity contribution in [3.8, 4) is 5.88 Å². The summed E-state index contributed by atoms with van der Waals surface area (Å²) in [7, 11) is 1.50. The van der Waals surface area contributed by atoms with Gasteiger partial charge in [0.2, 0.25) is 11.8 Å². The highest BCUT2D eigenvalue weighted by Crippen LogP contribution is 2.20. The Morgan fingerprint density at radius 2 is 2.35 bits per heavy atom. The summed E-state index contributed by atoms with van der Waals surface area (Å²) in [6, 6.07) is 3.77. The van der Waals surface area contributed by atoms with Gasteiger partial charge in [-0.1, -0.05) is 0 Å². The molecule has 4 N–H and O–H groups in total. The van der Waals surface area contributed by atoms with E-state index in [1.54, 1.807) is 12.1 Å². The molecule has 1 aliphatic rings. The molecule has 0 aromatic carbocycles. The zero-order chi connectivity index (χ0) is 12.3. The lowest BCUT2D eigenvalue weighted by Crippen LogP contribution is -2.31. The number of nitrogens with two attached hydrogens (primary N) is 1. The molecule has 6 heteroatoms. The molecule has 1 amide bonds. The Morgan fingerprint density at radius 1 is 1.59 bits per heavy atom. The molecule has 0 aliphatic heterocycles. The fourth-order valence-electron chi connectivity index (χ4n) is 1.39. The van der Waals surface area contributed by atoms with Gasteiger partial charge in [0.15, 0.2) is 0 Å². The number of hydrogen-bond acceptors (Lipinski definition) is 5. The Hall–Kier alpha value is -1.98. The van der Waals surface area contributed by atoms with E-state index in [1.807, 2.05) is 0 Å². The monoisotopic (exact) mass is 236 g/mol. The van der Waals surface area contributed by atoms with Crippen molar-refractivity contribution < 1.29 is 9.53 Å². The molecule has 1 aromatic rings. The molecule has 92 valence electrons. The Balaban J connectivity index is 1.87. The van der Waals surface area contributed by atoms with Crippen LogP contribution >= 0.6 is 0 Å². The first-order chi connectivity index (χ1) is 8.19. The summed E-state index contributed by atoms with van der Waals surface area (Å²) in [5.41, 5.74) is 6.11. The van der Waals surface area contributed by atoms with Crippen LogP contribution in [0.25, 0.3) is 0 Å². The average molecular weight is 236 g/mol. The third-order valence-corrected chi connectivity index (χ3v) is 2.46. The van der Waals surface area contributed by atoms with E-state index < -0.39 is 0 Å². The number of anilines is 2. The number of ether oxygens (including phenoxy) is 1. The number of carbonyl (C=O) groups excluding carboxylic acids is 1. The smallest absolute Gasteiger partial charge is 0.239 e. The maximum absolute atomic E-state index is 11.4. The van der Waals surface area contributed by atoms with Crippen molar-refractivity contribution in [3.63, 3.8) is 0 Å². The van der Waals surface area contributed by atoms with Gasteiger partial charge in [-0.15, -0.1) is 0 Å². The minimum Gasteiger partial charge on any atom is -0.479 e. The van der Waals surface area contributed by atoms with Crippen LogP contribution in [0.3, 0.4) is 0 Å². The maximum atomic E-state index is 11.4. The van der Waals surface area contributed by atoms with Crippen molar-refractivity contribution >= 4 is 17.4 Å². The number of carbonyl (C=O) groups is 1. The first kappa shape index (κ1) is 11.5. The molecule has 0 atom stereocenters. The first-order valence-electron chi connectivity index (χ1n) is 5.53. The number of amides is 1. The highest BCUT2D eigenvalue weighted by Gasteiger charge is 2.22. The fourth-order valence-corrected chi connectivity index (χ4v) is 1.39. The van der Waals surface area contributed by atoms with E-state index in [9.17, 15) is 4.79 Å². The van der Waals surface area contributed by atoms with Gasteiger partial charge in [-0.25, -0.2) is 0 Å². The van der Waals surface area contributed by atoms with Gasteiger partial charge in [-0.3, -0.25) is 4.79 Å². The Bertz CT molecular complexity index is 418. The van der Waals surface area contributed by atoms with Gasteiger partial charge < -0.3 is 21.1 Å². The van der Waals surface area contributed by atoms with Crippen LogP contribution in [-0.4, -0.2) is 30.6 Å². The van der Waals surface area contributed by atoms with Crippen molar-refractivity contribution in [1.29, 1.82) is 0 Å². The predicted molar refractivity (Wildman–Crippen MR) is 64.9 cm³/mol. The molecule has 1 fully saturated rings. The van der Waals surface area contributed by atoms with Crippen LogP contribution in [0.4, 0.5) is 11.5 Å². The van der Waals surface area contributed by atoms with Gasteiger partial charge in [0.05, 0.1) is 19.3 Å². The summed E-state index contributed by atoms with van der Waals surface area (Å²) in [6.45, 7) is 0.205. The summed E-state index contributed by atoms with van der Waals surface area (Å²) in [4.78, 5) is 15.6. The Labute approximate surface area is 99.5 Å². The normalized spacial score (nSPS) is 14.2. The van der Waals surface area contributed by atoms with Crippen LogP contribution in [0.2, 0.25) is 0 Å². The molecule has 1 aliphatic carbocycles. The molecule has 0 spiro atoms. The lowest BCUT2D eigenvalue weighted by Gasteiger charge is -2.08. The predicted octanol–water partition coefficient (Wildman–Crippen LogP) is 0.363. The van der Waals surface area contributed by atoms with Crippen LogP contribution in [0.1, 0.15) is 12.8 Å². The second kappa shape index (κ2) is 4.90. The highest BCUT2D eigenvalue weighted by molar-refractivity contribution is 5.81. The van der Waals surface area contributed by atoms with Gasteiger partial charge >= 0.3 is 0 Å². The van der Waals surface area contributed by atoms with Gasteiger partial charge in [0.1, 0.15) is 5.82 Å². The molecule has 2 rings (SSSR count). The zero-order valence-corrected chi connectivity index (χ0v) is 9.69. The van der Waals surface area contributed by atoms with E-state index in [4.69, 9.17) is 10.5 Å². The summed E-state index contributed by atoms with van der Waals surface area (Å²) < 4.78 is 4.99. The summed E-state index contributed by atoms with van der Waals surface area (Å²) >= 11 is 0. The van der Waals surface area contributed by atoms with Crippen molar-refractivity contribution in [3.05, 3.63) is 12.1 Å². The molecule has 17 heavy (non-hydrogen) atoms. The van der Waals surface area contributed by atoms with Crippen molar-refractivity contribution in [1.82, 2.24) is 10.3 Å². The number of pyridine rings is 1. The van der Waals surface area contributed by atoms with Crippen LogP contribution in [-0.2, 0) is 4.79 Å². The lowest BCUT2D eigenvalue weighted by atomic mass is 10.4. The van der Waals surface area contributed by atoms with E-state index in [2.05, 4.69) is 15.6 Å². The van der Waals surface area contributed by atoms with Gasteiger partial charge in [0, 0.05) is 6.04 Å². The molecule has 0 bridgehead atoms. The third kappa shape index (κ3) is 3.24. The van der Waals surface area contributed by atoms with E-state index in [1.165, 1.54) is 7.11 Å². The quantitative estimate of drug-likeness (QED) is 0.687. The Kier molecular flexibility index (Phi) is 3.32. The minimum absolute atomic E-state index is 0.0231. The first-order valence-corrected chi connectivity index (χ1v) is 5.53. The van der Waals surface area contributed by atoms with Crippen LogP contribution < -0.4 is 21.1 Å². The second-order valence-corrected chi connectivity index (χ2v) is 3.99. The van der Waals surface area contributed by atoms with E-state index in [0.29, 0.717) is 23.4 Å². The summed E-state index contributed by atoms with van der Waals surface area (Å²) in [5, 5.41) is 5.80. The molecule has 0 saturated heterocycles. The van der Waals surface area contributed by atoms with E-state index in [-0.39, 0.29) is 12.5 Å². The zero-order valence-electron chi connectivity index (χ0n) is 9.69.